The van der Waals surface area contributed by atoms with Gasteiger partial charge < -0.3 is 24.6 Å². The summed E-state index contributed by atoms with van der Waals surface area (Å²) >= 11 is 0. The summed E-state index contributed by atoms with van der Waals surface area (Å²) in [7, 11) is 5.38. The number of benzene rings is 3. The average Bonchev–Trinajstić information content (AvgIpc) is 3.36. The summed E-state index contributed by atoms with van der Waals surface area (Å²) in [4.78, 5) is 42.8. The number of anilines is 1. The van der Waals surface area contributed by atoms with Crippen LogP contribution in [0.2, 0.25) is 0 Å². The third-order valence-electron chi connectivity index (χ3n) is 7.26. The van der Waals surface area contributed by atoms with Gasteiger partial charge in [0.1, 0.15) is 36.4 Å². The SMILES string of the molecule is CN(C)CCCOC(=O)c1ccc(F)c(NC(=O)CN(Cc2cccc(F)c2)C(=O)c2nn(C)c3c2COc2ccc(F)cc2-3)c1. The van der Waals surface area contributed by atoms with Crippen molar-refractivity contribution in [3.63, 3.8) is 0 Å². The summed E-state index contributed by atoms with van der Waals surface area (Å²) in [6, 6.07) is 13.0. The number of nitrogens with zero attached hydrogens (tertiary/aromatic N) is 4. The zero-order chi connectivity index (χ0) is 33.0. The predicted molar refractivity (Wildman–Crippen MR) is 163 cm³/mol. The van der Waals surface area contributed by atoms with Gasteiger partial charge in [0.15, 0.2) is 5.69 Å². The Bertz CT molecular complexity index is 1790. The first-order chi connectivity index (χ1) is 22.0. The molecule has 1 aromatic heterocycles. The summed E-state index contributed by atoms with van der Waals surface area (Å²) in [6.45, 7) is 0.0693. The number of esters is 1. The van der Waals surface area contributed by atoms with Crippen LogP contribution in [0.25, 0.3) is 11.3 Å². The molecule has 10 nitrogen and oxygen atoms in total. The van der Waals surface area contributed by atoms with Gasteiger partial charge in [0.2, 0.25) is 5.91 Å². The van der Waals surface area contributed by atoms with Gasteiger partial charge in [0.25, 0.3) is 5.91 Å². The molecule has 13 heteroatoms. The topological polar surface area (TPSA) is 106 Å². The summed E-state index contributed by atoms with van der Waals surface area (Å²) in [6.07, 6.45) is 0.605. The van der Waals surface area contributed by atoms with Gasteiger partial charge in [0.05, 0.1) is 23.6 Å². The van der Waals surface area contributed by atoms with E-state index in [1.807, 2.05) is 19.0 Å². The molecule has 46 heavy (non-hydrogen) atoms. The fraction of sp³-hybridized carbons (Fsp3) is 0.273. The van der Waals surface area contributed by atoms with E-state index in [2.05, 4.69) is 10.4 Å². The molecule has 0 spiro atoms. The second-order valence-electron chi connectivity index (χ2n) is 11.1. The van der Waals surface area contributed by atoms with Crippen LogP contribution >= 0.6 is 0 Å². The molecular formula is C33H32F3N5O5. The number of aryl methyl sites for hydroxylation is 1. The number of hydrogen-bond acceptors (Lipinski definition) is 7. The Morgan fingerprint density at radius 2 is 1.80 bits per heavy atom. The van der Waals surface area contributed by atoms with E-state index in [9.17, 15) is 27.6 Å². The molecule has 0 bridgehead atoms. The molecule has 240 valence electrons. The summed E-state index contributed by atoms with van der Waals surface area (Å²) < 4.78 is 55.3. The van der Waals surface area contributed by atoms with Gasteiger partial charge in [0, 0.05) is 31.3 Å². The first kappa shape index (κ1) is 32.2. The Labute approximate surface area is 263 Å². The van der Waals surface area contributed by atoms with Gasteiger partial charge in [-0.25, -0.2) is 18.0 Å². The minimum Gasteiger partial charge on any atom is -0.488 e. The van der Waals surface area contributed by atoms with Crippen LogP contribution < -0.4 is 10.1 Å². The van der Waals surface area contributed by atoms with Crippen LogP contribution in [0.15, 0.2) is 60.7 Å². The van der Waals surface area contributed by atoms with Crippen molar-refractivity contribution in [2.45, 2.75) is 19.6 Å². The van der Waals surface area contributed by atoms with E-state index in [0.29, 0.717) is 41.1 Å². The molecule has 0 atom stereocenters. The number of nitrogens with one attached hydrogen (secondary N) is 1. The summed E-state index contributed by atoms with van der Waals surface area (Å²) in [5.74, 6) is -3.56. The average molecular weight is 636 g/mol. The quantitative estimate of drug-likeness (QED) is 0.187. The van der Waals surface area contributed by atoms with E-state index in [4.69, 9.17) is 9.47 Å². The highest BCUT2D eigenvalue weighted by Crippen LogP contribution is 2.39. The van der Waals surface area contributed by atoms with Crippen LogP contribution in [-0.4, -0.2) is 71.2 Å². The number of rotatable bonds is 11. The van der Waals surface area contributed by atoms with Crippen molar-refractivity contribution in [2.24, 2.45) is 7.05 Å². The molecule has 0 unspecified atom stereocenters. The van der Waals surface area contributed by atoms with E-state index in [0.717, 1.165) is 17.0 Å². The van der Waals surface area contributed by atoms with Gasteiger partial charge in [-0.2, -0.15) is 5.10 Å². The summed E-state index contributed by atoms with van der Waals surface area (Å²) in [5.41, 5.74) is 1.38. The number of amides is 2. The Kier molecular flexibility index (Phi) is 9.71. The second-order valence-corrected chi connectivity index (χ2v) is 11.1. The number of carbonyl (C=O) groups excluding carboxylic acids is 3. The predicted octanol–water partition coefficient (Wildman–Crippen LogP) is 4.79. The molecule has 0 radical (unpaired) electrons. The van der Waals surface area contributed by atoms with Crippen molar-refractivity contribution in [1.82, 2.24) is 19.6 Å². The molecule has 4 aromatic rings. The number of ether oxygens (including phenoxy) is 2. The first-order valence-corrected chi connectivity index (χ1v) is 14.4. The minimum atomic E-state index is -0.803. The Balaban J connectivity index is 1.38. The number of aromatic nitrogens is 2. The van der Waals surface area contributed by atoms with Crippen LogP contribution in [0, 0.1) is 17.5 Å². The van der Waals surface area contributed by atoms with Crippen LogP contribution in [0.1, 0.15) is 38.4 Å². The van der Waals surface area contributed by atoms with Crippen LogP contribution in [0.5, 0.6) is 5.75 Å². The molecule has 0 fully saturated rings. The van der Waals surface area contributed by atoms with Crippen LogP contribution in [0.3, 0.4) is 0 Å². The van der Waals surface area contributed by atoms with Crippen molar-refractivity contribution >= 4 is 23.5 Å². The molecule has 1 aliphatic rings. The van der Waals surface area contributed by atoms with Crippen molar-refractivity contribution in [2.75, 3.05) is 39.1 Å². The second kappa shape index (κ2) is 13.9. The van der Waals surface area contributed by atoms with Crippen molar-refractivity contribution in [1.29, 1.82) is 0 Å². The smallest absolute Gasteiger partial charge is 0.338 e. The number of fused-ring (bicyclic) bond motifs is 3. The van der Waals surface area contributed by atoms with Gasteiger partial charge in [-0.05, 0) is 74.6 Å². The molecular weight excluding hydrogens is 603 g/mol. The molecule has 5 rings (SSSR count). The summed E-state index contributed by atoms with van der Waals surface area (Å²) in [5, 5.41) is 6.80. The molecule has 1 N–H and O–H groups in total. The number of carbonyl (C=O) groups is 3. The Morgan fingerprint density at radius 1 is 1.02 bits per heavy atom. The highest BCUT2D eigenvalue weighted by Gasteiger charge is 2.32. The van der Waals surface area contributed by atoms with Gasteiger partial charge in [-0.1, -0.05) is 12.1 Å². The van der Waals surface area contributed by atoms with Gasteiger partial charge in [-0.3, -0.25) is 14.3 Å². The van der Waals surface area contributed by atoms with Crippen molar-refractivity contribution in [3.05, 3.63) is 100 Å². The van der Waals surface area contributed by atoms with Crippen LogP contribution in [0.4, 0.5) is 18.9 Å². The van der Waals surface area contributed by atoms with Crippen molar-refractivity contribution < 1.29 is 37.0 Å². The zero-order valence-corrected chi connectivity index (χ0v) is 25.5. The Morgan fingerprint density at radius 3 is 2.57 bits per heavy atom. The lowest BCUT2D eigenvalue weighted by atomic mass is 10.0. The van der Waals surface area contributed by atoms with E-state index < -0.39 is 41.8 Å². The standard InChI is InChI=1S/C33H32F3N5O5/c1-39(2)12-5-13-45-33(44)21-8-10-26(36)27(15-21)37-29(42)18-41(17-20-6-4-7-22(34)14-20)32(43)30-25-19-46-28-11-9-23(35)16-24(28)31(25)40(3)38-30/h4,6-11,14-16H,5,12-13,17-19H2,1-3H3,(H,37,42). The van der Waals surface area contributed by atoms with E-state index in [1.165, 1.54) is 47.1 Å². The number of hydrogen-bond donors (Lipinski definition) is 1. The zero-order valence-electron chi connectivity index (χ0n) is 25.5. The molecule has 0 saturated carbocycles. The molecule has 0 saturated heterocycles. The van der Waals surface area contributed by atoms with Gasteiger partial charge in [-0.15, -0.1) is 0 Å². The maximum absolute atomic E-state index is 14.7. The lowest BCUT2D eigenvalue weighted by molar-refractivity contribution is -0.117. The fourth-order valence-corrected chi connectivity index (χ4v) is 5.12. The normalized spacial score (nSPS) is 11.8. The lowest BCUT2D eigenvalue weighted by Crippen LogP contribution is -2.38. The molecule has 2 amide bonds. The monoisotopic (exact) mass is 635 g/mol. The van der Waals surface area contributed by atoms with Crippen molar-refractivity contribution in [3.8, 4) is 17.0 Å². The first-order valence-electron chi connectivity index (χ1n) is 14.4. The highest BCUT2D eigenvalue weighted by molar-refractivity contribution is 6.01. The van der Waals surface area contributed by atoms with E-state index >= 15 is 0 Å². The van der Waals surface area contributed by atoms with Crippen LogP contribution in [-0.2, 0) is 29.7 Å². The molecule has 0 aliphatic carbocycles. The number of halogens is 3. The largest absolute Gasteiger partial charge is 0.488 e. The fourth-order valence-electron chi connectivity index (χ4n) is 5.12. The molecule has 1 aliphatic heterocycles. The minimum absolute atomic E-state index is 0.0334. The maximum Gasteiger partial charge on any atom is 0.338 e. The molecule has 2 heterocycles. The van der Waals surface area contributed by atoms with E-state index in [1.54, 1.807) is 13.1 Å². The third kappa shape index (κ3) is 7.37. The van der Waals surface area contributed by atoms with E-state index in [-0.39, 0.29) is 36.7 Å². The molecule has 3 aromatic carbocycles. The highest BCUT2D eigenvalue weighted by atomic mass is 19.1. The third-order valence-corrected chi connectivity index (χ3v) is 7.26. The maximum atomic E-state index is 14.7. The van der Waals surface area contributed by atoms with Gasteiger partial charge >= 0.3 is 5.97 Å². The lowest BCUT2D eigenvalue weighted by Gasteiger charge is -2.23. The Hall–Kier alpha value is -5.17.